The fourth-order valence-electron chi connectivity index (χ4n) is 10.2. The van der Waals surface area contributed by atoms with Crippen LogP contribution in [0.5, 0.6) is 0 Å². The van der Waals surface area contributed by atoms with E-state index in [1.54, 1.807) is 0 Å². The molecule has 2 heteroatoms. The minimum absolute atomic E-state index is 0.00141. The standard InChI is InChI=1S/C31H53NO/c1-9-10-16-29(6)17-13-21(2)22(3)27(29)23-11-12-25-30(7,20-23)18-14-24-28(4,5)26(32-33)15-19-31(24,25)8/h11,21-22,24-27H,9-10,12-20H2,1-8H3. The summed E-state index contributed by atoms with van der Waals surface area (Å²) in [6.45, 7) is 20.0. The van der Waals surface area contributed by atoms with Crippen molar-refractivity contribution < 1.29 is 0 Å². The molecule has 9 unspecified atom stereocenters. The van der Waals surface area contributed by atoms with Crippen LogP contribution in [0.1, 0.15) is 126 Å². The first-order valence-corrected chi connectivity index (χ1v) is 14.4. The number of allylic oxidation sites excluding steroid dienone is 2. The first-order chi connectivity index (χ1) is 15.4. The molecule has 3 saturated carbocycles. The summed E-state index contributed by atoms with van der Waals surface area (Å²) in [5.41, 5.74) is 3.10. The maximum Gasteiger partial charge on any atom is 0.0973 e. The highest BCUT2D eigenvalue weighted by molar-refractivity contribution is 5.24. The van der Waals surface area contributed by atoms with Crippen LogP contribution in [-0.4, -0.2) is 6.04 Å². The Kier molecular flexibility index (Phi) is 6.76. The van der Waals surface area contributed by atoms with Crippen molar-refractivity contribution in [1.82, 2.24) is 0 Å². The fraction of sp³-hybridized carbons (Fsp3) is 0.935. The maximum atomic E-state index is 11.7. The molecule has 0 aromatic heterocycles. The van der Waals surface area contributed by atoms with Crippen LogP contribution >= 0.6 is 0 Å². The summed E-state index contributed by atoms with van der Waals surface area (Å²) in [7, 11) is 0. The van der Waals surface area contributed by atoms with Gasteiger partial charge in [-0.15, -0.1) is 0 Å². The summed E-state index contributed by atoms with van der Waals surface area (Å²) in [4.78, 5) is 11.7. The predicted molar refractivity (Wildman–Crippen MR) is 141 cm³/mol. The lowest BCUT2D eigenvalue weighted by molar-refractivity contribution is -0.138. The Morgan fingerprint density at radius 1 is 0.970 bits per heavy atom. The van der Waals surface area contributed by atoms with Crippen LogP contribution in [0.15, 0.2) is 16.8 Å². The van der Waals surface area contributed by atoms with Gasteiger partial charge in [-0.2, -0.15) is 4.91 Å². The Morgan fingerprint density at radius 2 is 1.70 bits per heavy atom. The lowest BCUT2D eigenvalue weighted by Gasteiger charge is -2.65. The molecular formula is C31H53NO. The van der Waals surface area contributed by atoms with Gasteiger partial charge in [0.05, 0.1) is 6.04 Å². The van der Waals surface area contributed by atoms with Crippen LogP contribution in [-0.2, 0) is 0 Å². The second kappa shape index (κ2) is 8.77. The van der Waals surface area contributed by atoms with Gasteiger partial charge in [0.25, 0.3) is 0 Å². The number of rotatable bonds is 5. The fourth-order valence-corrected chi connectivity index (χ4v) is 10.2. The van der Waals surface area contributed by atoms with E-state index >= 15 is 0 Å². The Labute approximate surface area is 205 Å². The largest absolute Gasteiger partial charge is 0.150 e. The molecule has 188 valence electrons. The smallest absolute Gasteiger partial charge is 0.0973 e. The summed E-state index contributed by atoms with van der Waals surface area (Å²) in [6.07, 6.45) is 17.0. The highest BCUT2D eigenvalue weighted by Gasteiger charge is 2.61. The van der Waals surface area contributed by atoms with E-state index in [9.17, 15) is 4.91 Å². The van der Waals surface area contributed by atoms with Gasteiger partial charge in [-0.05, 0) is 109 Å². The number of hydrogen-bond donors (Lipinski definition) is 0. The summed E-state index contributed by atoms with van der Waals surface area (Å²) in [5, 5.41) is 3.61. The minimum Gasteiger partial charge on any atom is -0.150 e. The van der Waals surface area contributed by atoms with Gasteiger partial charge in [0.2, 0.25) is 0 Å². The molecule has 0 aliphatic heterocycles. The summed E-state index contributed by atoms with van der Waals surface area (Å²) in [6, 6.07) is -0.00141. The predicted octanol–water partition coefficient (Wildman–Crippen LogP) is 9.58. The van der Waals surface area contributed by atoms with Crippen molar-refractivity contribution in [2.24, 2.45) is 56.4 Å². The van der Waals surface area contributed by atoms with Crippen molar-refractivity contribution in [1.29, 1.82) is 0 Å². The third kappa shape index (κ3) is 3.98. The van der Waals surface area contributed by atoms with Crippen molar-refractivity contribution in [3.8, 4) is 0 Å². The molecule has 0 bridgehead atoms. The minimum atomic E-state index is -0.00141. The van der Waals surface area contributed by atoms with E-state index in [4.69, 9.17) is 0 Å². The molecule has 2 nitrogen and oxygen atoms in total. The number of hydrogen-bond acceptors (Lipinski definition) is 2. The third-order valence-electron chi connectivity index (χ3n) is 12.3. The number of fused-ring (bicyclic) bond motifs is 3. The normalized spacial score (nSPS) is 49.5. The molecule has 0 spiro atoms. The van der Waals surface area contributed by atoms with E-state index in [1.165, 1.54) is 64.2 Å². The summed E-state index contributed by atoms with van der Waals surface area (Å²) >= 11 is 0. The Balaban J connectivity index is 1.65. The molecule has 4 rings (SSSR count). The Hall–Kier alpha value is -0.660. The van der Waals surface area contributed by atoms with E-state index in [0.717, 1.165) is 30.1 Å². The Bertz CT molecular complexity index is 765. The lowest BCUT2D eigenvalue weighted by atomic mass is 9.40. The highest BCUT2D eigenvalue weighted by Crippen LogP contribution is 2.68. The molecule has 4 aliphatic carbocycles. The highest BCUT2D eigenvalue weighted by atomic mass is 16.3. The first kappa shape index (κ1) is 25.4. The zero-order valence-corrected chi connectivity index (χ0v) is 23.2. The summed E-state index contributed by atoms with van der Waals surface area (Å²) < 4.78 is 0. The second-order valence-electron chi connectivity index (χ2n) is 14.6. The van der Waals surface area contributed by atoms with Gasteiger partial charge in [0.15, 0.2) is 0 Å². The van der Waals surface area contributed by atoms with Gasteiger partial charge < -0.3 is 0 Å². The SMILES string of the molecule is CCCCC1(C)CCC(C)C(C)C1C1=CCC2C(C)(CCC3C(C)(C)C(N=O)CCC23C)C1. The molecule has 0 saturated heterocycles. The molecule has 9 atom stereocenters. The van der Waals surface area contributed by atoms with E-state index in [2.05, 4.69) is 66.6 Å². The van der Waals surface area contributed by atoms with Crippen LogP contribution in [0.25, 0.3) is 0 Å². The lowest BCUT2D eigenvalue weighted by Crippen LogP contribution is -2.59. The van der Waals surface area contributed by atoms with Crippen LogP contribution in [0.4, 0.5) is 0 Å². The van der Waals surface area contributed by atoms with Gasteiger partial charge in [0.1, 0.15) is 0 Å². The summed E-state index contributed by atoms with van der Waals surface area (Å²) in [5.74, 6) is 3.78. The van der Waals surface area contributed by atoms with Crippen molar-refractivity contribution in [2.45, 2.75) is 132 Å². The van der Waals surface area contributed by atoms with Crippen molar-refractivity contribution in [2.75, 3.05) is 0 Å². The molecule has 0 aromatic carbocycles. The van der Waals surface area contributed by atoms with Gasteiger partial charge in [-0.1, -0.05) is 85.1 Å². The average Bonchev–Trinajstić information content (AvgIpc) is 2.74. The van der Waals surface area contributed by atoms with Crippen molar-refractivity contribution in [3.05, 3.63) is 16.6 Å². The maximum absolute atomic E-state index is 11.7. The molecule has 4 aliphatic rings. The quantitative estimate of drug-likeness (QED) is 0.300. The number of nitrogens with zero attached hydrogens (tertiary/aromatic N) is 1. The van der Waals surface area contributed by atoms with Crippen LogP contribution in [0, 0.1) is 56.2 Å². The Morgan fingerprint density at radius 3 is 2.36 bits per heavy atom. The van der Waals surface area contributed by atoms with Crippen LogP contribution in [0.3, 0.4) is 0 Å². The molecule has 0 aromatic rings. The molecular weight excluding hydrogens is 402 g/mol. The molecule has 3 fully saturated rings. The zero-order chi connectivity index (χ0) is 24.2. The molecule has 0 amide bonds. The molecule has 0 heterocycles. The van der Waals surface area contributed by atoms with Crippen LogP contribution in [0.2, 0.25) is 0 Å². The zero-order valence-electron chi connectivity index (χ0n) is 23.2. The first-order valence-electron chi connectivity index (χ1n) is 14.4. The number of unbranched alkanes of at least 4 members (excludes halogenated alkanes) is 1. The monoisotopic (exact) mass is 455 g/mol. The third-order valence-corrected chi connectivity index (χ3v) is 12.3. The molecule has 33 heavy (non-hydrogen) atoms. The van der Waals surface area contributed by atoms with Gasteiger partial charge in [-0.25, -0.2) is 0 Å². The molecule has 0 N–H and O–H groups in total. The number of nitroso groups, excluding NO2 is 1. The van der Waals surface area contributed by atoms with Gasteiger partial charge in [0, 0.05) is 0 Å². The van der Waals surface area contributed by atoms with E-state index in [-0.39, 0.29) is 11.5 Å². The van der Waals surface area contributed by atoms with Gasteiger partial charge in [-0.3, -0.25) is 0 Å². The molecule has 0 radical (unpaired) electrons. The van der Waals surface area contributed by atoms with Crippen LogP contribution < -0.4 is 0 Å². The van der Waals surface area contributed by atoms with E-state index in [0.29, 0.717) is 22.2 Å². The average molecular weight is 456 g/mol. The van der Waals surface area contributed by atoms with E-state index in [1.807, 2.05) is 5.57 Å². The van der Waals surface area contributed by atoms with Crippen molar-refractivity contribution >= 4 is 0 Å². The topological polar surface area (TPSA) is 29.4 Å². The second-order valence-corrected chi connectivity index (χ2v) is 14.6. The van der Waals surface area contributed by atoms with E-state index < -0.39 is 0 Å². The van der Waals surface area contributed by atoms with Crippen molar-refractivity contribution in [3.63, 3.8) is 0 Å². The van der Waals surface area contributed by atoms with Gasteiger partial charge >= 0.3 is 0 Å².